The van der Waals surface area contributed by atoms with Crippen LogP contribution in [0.2, 0.25) is 0 Å². The first kappa shape index (κ1) is 19.4. The summed E-state index contributed by atoms with van der Waals surface area (Å²) in [7, 11) is 0. The van der Waals surface area contributed by atoms with E-state index in [9.17, 15) is 9.18 Å². The second-order valence-electron chi connectivity index (χ2n) is 5.83. The van der Waals surface area contributed by atoms with Crippen molar-refractivity contribution in [3.8, 4) is 0 Å². The number of amides is 1. The molecule has 0 radical (unpaired) electrons. The van der Waals surface area contributed by atoms with E-state index in [0.29, 0.717) is 15.7 Å². The summed E-state index contributed by atoms with van der Waals surface area (Å²) in [5.41, 5.74) is 2.56. The quantitative estimate of drug-likeness (QED) is 0.461. The third-order valence-corrected chi connectivity index (χ3v) is 5.43. The molecule has 0 aliphatic carbocycles. The molecule has 0 bridgehead atoms. The average Bonchev–Trinajstić information content (AvgIpc) is 2.62. The number of nitrogens with zero attached hydrogens (tertiary/aromatic N) is 2. The Labute approximate surface area is 166 Å². The van der Waals surface area contributed by atoms with Crippen LogP contribution in [0.3, 0.4) is 0 Å². The summed E-state index contributed by atoms with van der Waals surface area (Å²) in [4.78, 5) is 22.3. The molecule has 1 N–H and O–H groups in total. The van der Waals surface area contributed by atoms with E-state index < -0.39 is 0 Å². The number of carbonyl (C=O) groups excluding carboxylic acids is 1. The van der Waals surface area contributed by atoms with Gasteiger partial charge in [-0.05, 0) is 68.1 Å². The maximum Gasteiger partial charge on any atom is 0.234 e. The lowest BCUT2D eigenvalue weighted by atomic mass is 10.3. The van der Waals surface area contributed by atoms with Crippen LogP contribution in [0, 0.1) is 19.7 Å². The Hall–Kier alpha value is -2.38. The van der Waals surface area contributed by atoms with E-state index in [1.54, 1.807) is 18.2 Å². The second kappa shape index (κ2) is 9.01. The molecule has 0 aliphatic heterocycles. The lowest BCUT2D eigenvalue weighted by Gasteiger charge is -2.07. The number of nitrogens with one attached hydrogen (secondary N) is 1. The van der Waals surface area contributed by atoms with Crippen LogP contribution >= 0.6 is 23.5 Å². The number of rotatable bonds is 6. The molecule has 1 heterocycles. The maximum absolute atomic E-state index is 13.6. The van der Waals surface area contributed by atoms with Crippen molar-refractivity contribution in [1.82, 2.24) is 9.97 Å². The lowest BCUT2D eigenvalue weighted by molar-refractivity contribution is -0.113. The zero-order valence-electron chi connectivity index (χ0n) is 14.9. The van der Waals surface area contributed by atoms with Crippen LogP contribution < -0.4 is 5.32 Å². The number of carbonyl (C=O) groups is 1. The summed E-state index contributed by atoms with van der Waals surface area (Å²) >= 11 is 2.65. The molecule has 0 aliphatic rings. The van der Waals surface area contributed by atoms with Crippen molar-refractivity contribution < 1.29 is 9.18 Å². The third kappa shape index (κ3) is 5.80. The van der Waals surface area contributed by atoms with Gasteiger partial charge in [-0.25, -0.2) is 14.4 Å². The van der Waals surface area contributed by atoms with Crippen LogP contribution in [0.25, 0.3) is 0 Å². The molecular formula is C20H18FN3OS2. The van der Waals surface area contributed by atoms with Crippen LogP contribution in [0.5, 0.6) is 0 Å². The minimum Gasteiger partial charge on any atom is -0.325 e. The minimum absolute atomic E-state index is 0.147. The van der Waals surface area contributed by atoms with Gasteiger partial charge in [0.05, 0.1) is 5.75 Å². The lowest BCUT2D eigenvalue weighted by Crippen LogP contribution is -2.13. The van der Waals surface area contributed by atoms with E-state index in [4.69, 9.17) is 0 Å². The summed E-state index contributed by atoms with van der Waals surface area (Å²) in [5.74, 6) is -0.347. The fourth-order valence-corrected chi connectivity index (χ4v) is 3.95. The standard InChI is InChI=1S/C20H18FN3OS2/c1-13-11-14(2)23-20(22-13)27-16-9-7-15(8-10-16)24-19(25)12-26-18-6-4-3-5-17(18)21/h3-11H,12H2,1-2H3,(H,24,25). The predicted molar refractivity (Wildman–Crippen MR) is 108 cm³/mol. The van der Waals surface area contributed by atoms with Crippen molar-refractivity contribution in [2.45, 2.75) is 28.8 Å². The van der Waals surface area contributed by atoms with Crippen LogP contribution in [0.1, 0.15) is 11.4 Å². The molecule has 0 spiro atoms. The van der Waals surface area contributed by atoms with Crippen molar-refractivity contribution in [2.24, 2.45) is 0 Å². The first-order valence-electron chi connectivity index (χ1n) is 8.27. The Morgan fingerprint density at radius 1 is 1.04 bits per heavy atom. The number of halogens is 1. The molecule has 0 unspecified atom stereocenters. The monoisotopic (exact) mass is 399 g/mol. The van der Waals surface area contributed by atoms with Gasteiger partial charge < -0.3 is 5.32 Å². The molecule has 27 heavy (non-hydrogen) atoms. The Kier molecular flexibility index (Phi) is 6.47. The molecule has 1 amide bonds. The van der Waals surface area contributed by atoms with Gasteiger partial charge in [0.1, 0.15) is 5.82 Å². The Morgan fingerprint density at radius 2 is 1.70 bits per heavy atom. The highest BCUT2D eigenvalue weighted by Crippen LogP contribution is 2.26. The van der Waals surface area contributed by atoms with Gasteiger partial charge in [-0.1, -0.05) is 12.1 Å². The average molecular weight is 400 g/mol. The smallest absolute Gasteiger partial charge is 0.234 e. The summed E-state index contributed by atoms with van der Waals surface area (Å²) in [5, 5.41) is 3.52. The fraction of sp³-hybridized carbons (Fsp3) is 0.150. The highest BCUT2D eigenvalue weighted by Gasteiger charge is 2.08. The largest absolute Gasteiger partial charge is 0.325 e. The highest BCUT2D eigenvalue weighted by molar-refractivity contribution is 8.00. The minimum atomic E-state index is -0.315. The Bertz CT molecular complexity index is 928. The van der Waals surface area contributed by atoms with Crippen LogP contribution in [-0.4, -0.2) is 21.6 Å². The van der Waals surface area contributed by atoms with Gasteiger partial charge in [0.2, 0.25) is 5.91 Å². The molecule has 3 aromatic rings. The Morgan fingerprint density at radius 3 is 2.37 bits per heavy atom. The van der Waals surface area contributed by atoms with Crippen molar-refractivity contribution in [3.05, 3.63) is 71.8 Å². The van der Waals surface area contributed by atoms with Crippen LogP contribution in [-0.2, 0) is 4.79 Å². The SMILES string of the molecule is Cc1cc(C)nc(Sc2ccc(NC(=O)CSc3ccccc3F)cc2)n1. The number of aryl methyl sites for hydroxylation is 2. The van der Waals surface area contributed by atoms with Gasteiger partial charge in [0.15, 0.2) is 5.16 Å². The molecule has 1 aromatic heterocycles. The van der Waals surface area contributed by atoms with E-state index in [0.717, 1.165) is 16.3 Å². The number of thioether (sulfide) groups is 1. The van der Waals surface area contributed by atoms with E-state index >= 15 is 0 Å². The summed E-state index contributed by atoms with van der Waals surface area (Å²) in [6.45, 7) is 3.88. The van der Waals surface area contributed by atoms with Gasteiger partial charge in [-0.15, -0.1) is 11.8 Å². The molecular weight excluding hydrogens is 381 g/mol. The topological polar surface area (TPSA) is 54.9 Å². The summed E-state index contributed by atoms with van der Waals surface area (Å²) in [6, 6.07) is 15.8. The van der Waals surface area contributed by atoms with Crippen molar-refractivity contribution in [3.63, 3.8) is 0 Å². The predicted octanol–water partition coefficient (Wildman–Crippen LogP) is 5.11. The first-order chi connectivity index (χ1) is 13.0. The third-order valence-electron chi connectivity index (χ3n) is 3.50. The first-order valence-corrected chi connectivity index (χ1v) is 10.1. The van der Waals surface area contributed by atoms with Gasteiger partial charge in [-0.2, -0.15) is 0 Å². The van der Waals surface area contributed by atoms with E-state index in [1.807, 2.05) is 44.2 Å². The van der Waals surface area contributed by atoms with Gasteiger partial charge in [0.25, 0.3) is 0 Å². The molecule has 0 saturated heterocycles. The molecule has 4 nitrogen and oxygen atoms in total. The summed E-state index contributed by atoms with van der Waals surface area (Å²) in [6.07, 6.45) is 0. The summed E-state index contributed by atoms with van der Waals surface area (Å²) < 4.78 is 13.6. The molecule has 7 heteroatoms. The Balaban J connectivity index is 1.55. The molecule has 3 rings (SSSR count). The fourth-order valence-electron chi connectivity index (χ4n) is 2.35. The van der Waals surface area contributed by atoms with Crippen LogP contribution in [0.15, 0.2) is 69.5 Å². The van der Waals surface area contributed by atoms with Crippen molar-refractivity contribution >= 4 is 35.1 Å². The van der Waals surface area contributed by atoms with Crippen molar-refractivity contribution in [2.75, 3.05) is 11.1 Å². The molecule has 2 aromatic carbocycles. The zero-order valence-corrected chi connectivity index (χ0v) is 16.5. The number of benzene rings is 2. The van der Waals surface area contributed by atoms with E-state index in [-0.39, 0.29) is 17.5 Å². The number of hydrogen-bond donors (Lipinski definition) is 1. The molecule has 138 valence electrons. The van der Waals surface area contributed by atoms with Crippen molar-refractivity contribution in [1.29, 1.82) is 0 Å². The molecule has 0 atom stereocenters. The van der Waals surface area contributed by atoms with Crippen LogP contribution in [0.4, 0.5) is 10.1 Å². The number of aromatic nitrogens is 2. The van der Waals surface area contributed by atoms with Gasteiger partial charge in [-0.3, -0.25) is 4.79 Å². The maximum atomic E-state index is 13.6. The number of anilines is 1. The van der Waals surface area contributed by atoms with E-state index in [1.165, 1.54) is 29.6 Å². The van der Waals surface area contributed by atoms with E-state index in [2.05, 4.69) is 15.3 Å². The normalized spacial score (nSPS) is 10.6. The second-order valence-corrected chi connectivity index (χ2v) is 7.88. The number of hydrogen-bond acceptors (Lipinski definition) is 5. The van der Waals surface area contributed by atoms with Gasteiger partial charge >= 0.3 is 0 Å². The highest BCUT2D eigenvalue weighted by atomic mass is 32.2. The molecule has 0 fully saturated rings. The molecule has 0 saturated carbocycles. The van der Waals surface area contributed by atoms with Gasteiger partial charge in [0, 0.05) is 26.9 Å². The zero-order chi connectivity index (χ0) is 19.2.